The minimum atomic E-state index is -0.470. The highest BCUT2D eigenvalue weighted by Gasteiger charge is 2.23. The van der Waals surface area contributed by atoms with E-state index in [-0.39, 0.29) is 16.2 Å². The Morgan fingerprint density at radius 1 is 1.19 bits per heavy atom. The number of thioether (sulfide) groups is 1. The maximum Gasteiger partial charge on any atom is 0.136 e. The third-order valence-electron chi connectivity index (χ3n) is 3.22. The van der Waals surface area contributed by atoms with Crippen LogP contribution in [0.1, 0.15) is 24.2 Å². The van der Waals surface area contributed by atoms with Crippen molar-refractivity contribution < 1.29 is 8.78 Å². The summed E-state index contributed by atoms with van der Waals surface area (Å²) >= 11 is 7.43. The summed E-state index contributed by atoms with van der Waals surface area (Å²) in [5.74, 6) is -0.927. The van der Waals surface area contributed by atoms with Crippen LogP contribution in [0.5, 0.6) is 0 Å². The molecule has 2 unspecified atom stereocenters. The molecule has 0 saturated carbocycles. The second kappa shape index (κ2) is 7.25. The fourth-order valence-corrected chi connectivity index (χ4v) is 3.66. The summed E-state index contributed by atoms with van der Waals surface area (Å²) in [4.78, 5) is 0.240. The van der Waals surface area contributed by atoms with Crippen LogP contribution in [0.2, 0.25) is 5.02 Å². The zero-order valence-electron chi connectivity index (χ0n) is 11.5. The molecule has 112 valence electrons. The summed E-state index contributed by atoms with van der Waals surface area (Å²) in [6.45, 7) is 1.96. The summed E-state index contributed by atoms with van der Waals surface area (Å²) in [5.41, 5.74) is 6.99. The van der Waals surface area contributed by atoms with Crippen molar-refractivity contribution >= 4 is 23.4 Å². The average molecular weight is 328 g/mol. The molecule has 0 saturated heterocycles. The molecular weight excluding hydrogens is 312 g/mol. The fourth-order valence-electron chi connectivity index (χ4n) is 2.01. The van der Waals surface area contributed by atoms with Gasteiger partial charge in [0.15, 0.2) is 0 Å². The molecule has 0 bridgehead atoms. The Morgan fingerprint density at radius 2 is 1.90 bits per heavy atom. The smallest absolute Gasteiger partial charge is 0.136 e. The molecule has 21 heavy (non-hydrogen) atoms. The Balaban J connectivity index is 2.38. The molecule has 0 spiro atoms. The van der Waals surface area contributed by atoms with E-state index in [2.05, 4.69) is 0 Å². The van der Waals surface area contributed by atoms with Crippen LogP contribution in [0.4, 0.5) is 8.78 Å². The van der Waals surface area contributed by atoms with Crippen LogP contribution >= 0.6 is 23.4 Å². The first-order chi connectivity index (χ1) is 10.0. The second-order valence-electron chi connectivity index (χ2n) is 4.71. The Hall–Kier alpha value is -1.10. The van der Waals surface area contributed by atoms with Gasteiger partial charge in [-0.3, -0.25) is 0 Å². The molecule has 0 amide bonds. The summed E-state index contributed by atoms with van der Waals surface area (Å²) in [5, 5.41) is 0.343. The van der Waals surface area contributed by atoms with Gasteiger partial charge in [0.2, 0.25) is 0 Å². The lowest BCUT2D eigenvalue weighted by Gasteiger charge is -2.24. The standard InChI is InChI=1S/C16H16ClF2NS/c1-2-14(20)16(11-5-3-4-6-12(11)17)21-15-9-10(18)7-8-13(15)19/h3-9,14,16H,2,20H2,1H3. The van der Waals surface area contributed by atoms with E-state index in [1.807, 2.05) is 25.1 Å². The van der Waals surface area contributed by atoms with Crippen molar-refractivity contribution in [1.29, 1.82) is 0 Å². The van der Waals surface area contributed by atoms with Gasteiger partial charge in [0.1, 0.15) is 11.6 Å². The van der Waals surface area contributed by atoms with Crippen LogP contribution in [0, 0.1) is 11.6 Å². The van der Waals surface area contributed by atoms with Crippen LogP contribution in [0.25, 0.3) is 0 Å². The largest absolute Gasteiger partial charge is 0.326 e. The molecule has 0 heterocycles. The first kappa shape index (κ1) is 16.3. The predicted molar refractivity (Wildman–Crippen MR) is 84.7 cm³/mol. The van der Waals surface area contributed by atoms with Crippen molar-refractivity contribution in [2.75, 3.05) is 0 Å². The molecule has 0 radical (unpaired) electrons. The normalized spacial score (nSPS) is 14.0. The number of hydrogen-bond donors (Lipinski definition) is 1. The van der Waals surface area contributed by atoms with Crippen LogP contribution in [0.3, 0.4) is 0 Å². The van der Waals surface area contributed by atoms with Gasteiger partial charge < -0.3 is 5.73 Å². The van der Waals surface area contributed by atoms with Crippen molar-refractivity contribution in [3.8, 4) is 0 Å². The highest BCUT2D eigenvalue weighted by molar-refractivity contribution is 7.99. The lowest BCUT2D eigenvalue weighted by molar-refractivity contribution is 0.574. The maximum atomic E-state index is 13.9. The molecule has 2 aromatic rings. The number of rotatable bonds is 5. The van der Waals surface area contributed by atoms with E-state index in [4.69, 9.17) is 17.3 Å². The van der Waals surface area contributed by atoms with Crippen molar-refractivity contribution in [3.63, 3.8) is 0 Å². The Kier molecular flexibility index (Phi) is 5.62. The lowest BCUT2D eigenvalue weighted by Crippen LogP contribution is -2.26. The Bertz CT molecular complexity index is 621. The van der Waals surface area contributed by atoms with Crippen molar-refractivity contribution in [2.24, 2.45) is 5.73 Å². The van der Waals surface area contributed by atoms with Crippen molar-refractivity contribution in [2.45, 2.75) is 29.5 Å². The molecule has 0 fully saturated rings. The molecular formula is C16H16ClF2NS. The van der Waals surface area contributed by atoms with Crippen molar-refractivity contribution in [3.05, 3.63) is 64.7 Å². The van der Waals surface area contributed by atoms with E-state index >= 15 is 0 Å². The summed E-state index contributed by atoms with van der Waals surface area (Å²) in [6, 6.07) is 10.5. The van der Waals surface area contributed by atoms with E-state index in [0.29, 0.717) is 11.4 Å². The van der Waals surface area contributed by atoms with E-state index in [1.54, 1.807) is 6.07 Å². The second-order valence-corrected chi connectivity index (χ2v) is 6.30. The molecule has 0 aliphatic carbocycles. The molecule has 2 rings (SSSR count). The lowest BCUT2D eigenvalue weighted by atomic mass is 10.0. The van der Waals surface area contributed by atoms with Gasteiger partial charge in [-0.2, -0.15) is 0 Å². The molecule has 0 aliphatic heterocycles. The first-order valence-corrected chi connectivity index (χ1v) is 7.90. The first-order valence-electron chi connectivity index (χ1n) is 6.64. The third kappa shape index (κ3) is 3.96. The highest BCUT2D eigenvalue weighted by Crippen LogP contribution is 2.41. The zero-order chi connectivity index (χ0) is 15.4. The van der Waals surface area contributed by atoms with Crippen LogP contribution in [-0.2, 0) is 0 Å². The minimum absolute atomic E-state index is 0.211. The van der Waals surface area contributed by atoms with Crippen LogP contribution in [0.15, 0.2) is 47.4 Å². The van der Waals surface area contributed by atoms with Gasteiger partial charge in [0.05, 0.1) is 5.25 Å². The summed E-state index contributed by atoms with van der Waals surface area (Å²) in [6.07, 6.45) is 0.708. The van der Waals surface area contributed by atoms with E-state index in [0.717, 1.165) is 17.7 Å². The molecule has 2 atom stereocenters. The zero-order valence-corrected chi connectivity index (χ0v) is 13.1. The molecule has 2 N–H and O–H groups in total. The van der Waals surface area contributed by atoms with Gasteiger partial charge in [-0.1, -0.05) is 36.7 Å². The summed E-state index contributed by atoms with van der Waals surface area (Å²) in [7, 11) is 0. The van der Waals surface area contributed by atoms with Gasteiger partial charge in [-0.25, -0.2) is 8.78 Å². The van der Waals surface area contributed by atoms with E-state index < -0.39 is 11.6 Å². The third-order valence-corrected chi connectivity index (χ3v) is 4.99. The van der Waals surface area contributed by atoms with Gasteiger partial charge in [0, 0.05) is 16.0 Å². The molecule has 5 heteroatoms. The fraction of sp³-hybridized carbons (Fsp3) is 0.250. The van der Waals surface area contributed by atoms with Crippen LogP contribution < -0.4 is 5.73 Å². The summed E-state index contributed by atoms with van der Waals surface area (Å²) < 4.78 is 27.2. The molecule has 0 aromatic heterocycles. The van der Waals surface area contributed by atoms with Gasteiger partial charge >= 0.3 is 0 Å². The van der Waals surface area contributed by atoms with Gasteiger partial charge in [0.25, 0.3) is 0 Å². The number of hydrogen-bond acceptors (Lipinski definition) is 2. The van der Waals surface area contributed by atoms with Crippen LogP contribution in [-0.4, -0.2) is 6.04 Å². The molecule has 1 nitrogen and oxygen atoms in total. The SMILES string of the molecule is CCC(N)C(Sc1cc(F)ccc1F)c1ccccc1Cl. The highest BCUT2D eigenvalue weighted by atomic mass is 35.5. The Labute approximate surface area is 132 Å². The van der Waals surface area contributed by atoms with E-state index in [1.165, 1.54) is 17.8 Å². The van der Waals surface area contributed by atoms with E-state index in [9.17, 15) is 8.78 Å². The number of nitrogens with two attached hydrogens (primary N) is 1. The maximum absolute atomic E-state index is 13.9. The topological polar surface area (TPSA) is 26.0 Å². The monoisotopic (exact) mass is 327 g/mol. The predicted octanol–water partition coefficient (Wildman–Crippen LogP) is 5.19. The van der Waals surface area contributed by atoms with Gasteiger partial charge in [-0.05, 0) is 36.2 Å². The average Bonchev–Trinajstić information content (AvgIpc) is 2.48. The van der Waals surface area contributed by atoms with Gasteiger partial charge in [-0.15, -0.1) is 11.8 Å². The minimum Gasteiger partial charge on any atom is -0.326 e. The Morgan fingerprint density at radius 3 is 2.57 bits per heavy atom. The number of benzene rings is 2. The number of halogens is 3. The van der Waals surface area contributed by atoms with Crippen molar-refractivity contribution in [1.82, 2.24) is 0 Å². The molecule has 0 aliphatic rings. The quantitative estimate of drug-likeness (QED) is 0.765. The molecule has 2 aromatic carbocycles.